The van der Waals surface area contributed by atoms with Crippen molar-refractivity contribution in [2.75, 3.05) is 0 Å². The van der Waals surface area contributed by atoms with Crippen molar-refractivity contribution in [1.82, 2.24) is 0 Å². The van der Waals surface area contributed by atoms with Crippen molar-refractivity contribution < 1.29 is 4.79 Å². The first-order valence-electron chi connectivity index (χ1n) is 5.63. The topological polar surface area (TPSA) is 17.1 Å². The predicted molar refractivity (Wildman–Crippen MR) is 60.2 cm³/mol. The fourth-order valence-electron chi connectivity index (χ4n) is 1.64. The zero-order valence-corrected chi connectivity index (χ0v) is 9.04. The van der Waals surface area contributed by atoms with Gasteiger partial charge in [0, 0.05) is 12.3 Å². The van der Waals surface area contributed by atoms with Gasteiger partial charge in [-0.1, -0.05) is 31.2 Å². The first kappa shape index (κ1) is 11.2. The monoisotopic (exact) mass is 192 g/mol. The summed E-state index contributed by atoms with van der Waals surface area (Å²) in [6.07, 6.45) is 14.7. The van der Waals surface area contributed by atoms with Gasteiger partial charge in [-0.15, -0.1) is 0 Å². The van der Waals surface area contributed by atoms with Gasteiger partial charge in [0.25, 0.3) is 0 Å². The van der Waals surface area contributed by atoms with E-state index in [1.54, 1.807) is 0 Å². The minimum Gasteiger partial charge on any atom is -0.299 e. The van der Waals surface area contributed by atoms with Crippen LogP contribution in [0.3, 0.4) is 0 Å². The molecule has 0 radical (unpaired) electrons. The van der Waals surface area contributed by atoms with E-state index in [1.165, 1.54) is 0 Å². The molecule has 1 unspecified atom stereocenters. The van der Waals surface area contributed by atoms with Gasteiger partial charge in [-0.3, -0.25) is 4.79 Å². The van der Waals surface area contributed by atoms with Crippen molar-refractivity contribution in [3.8, 4) is 0 Å². The van der Waals surface area contributed by atoms with Gasteiger partial charge in [0.1, 0.15) is 5.78 Å². The summed E-state index contributed by atoms with van der Waals surface area (Å²) in [6, 6.07) is 0. The Morgan fingerprint density at radius 1 is 1.00 bits per heavy atom. The van der Waals surface area contributed by atoms with Crippen LogP contribution in [0, 0.1) is 5.92 Å². The van der Waals surface area contributed by atoms with Crippen LogP contribution in [0.25, 0.3) is 0 Å². The number of ketones is 1. The predicted octanol–water partition coefficient (Wildman–Crippen LogP) is 3.66. The van der Waals surface area contributed by atoms with E-state index in [-0.39, 0.29) is 5.92 Å². The first-order chi connectivity index (χ1) is 6.80. The molecule has 0 aromatic carbocycles. The molecule has 1 heteroatoms. The molecule has 1 rings (SSSR count). The summed E-state index contributed by atoms with van der Waals surface area (Å²) >= 11 is 0. The zero-order valence-electron chi connectivity index (χ0n) is 9.04. The van der Waals surface area contributed by atoms with Crippen LogP contribution in [-0.2, 0) is 4.79 Å². The Balaban J connectivity index is 2.45. The van der Waals surface area contributed by atoms with Gasteiger partial charge in [-0.05, 0) is 32.1 Å². The smallest absolute Gasteiger partial charge is 0.136 e. The van der Waals surface area contributed by atoms with Crippen molar-refractivity contribution in [3.63, 3.8) is 0 Å². The first-order valence-corrected chi connectivity index (χ1v) is 5.63. The van der Waals surface area contributed by atoms with Crippen molar-refractivity contribution in [2.24, 2.45) is 5.92 Å². The van der Waals surface area contributed by atoms with E-state index >= 15 is 0 Å². The molecule has 0 spiro atoms. The Kier molecular flexibility index (Phi) is 5.28. The molecule has 0 bridgehead atoms. The third-order valence-corrected chi connectivity index (χ3v) is 2.71. The molecular formula is C13H20O. The van der Waals surface area contributed by atoms with Crippen molar-refractivity contribution in [3.05, 3.63) is 24.3 Å². The van der Waals surface area contributed by atoms with Crippen LogP contribution in [0.5, 0.6) is 0 Å². The number of carbonyl (C=O) groups is 1. The molecule has 0 fully saturated rings. The fraction of sp³-hybridized carbons (Fsp3) is 0.615. The zero-order chi connectivity index (χ0) is 10.2. The van der Waals surface area contributed by atoms with E-state index in [0.717, 1.165) is 38.5 Å². The average molecular weight is 192 g/mol. The van der Waals surface area contributed by atoms with Crippen molar-refractivity contribution in [1.29, 1.82) is 0 Å². The Bertz CT molecular complexity index is 225. The number of allylic oxidation sites excluding steroid dienone is 4. The Labute approximate surface area is 86.9 Å². The number of rotatable bonds is 0. The van der Waals surface area contributed by atoms with Gasteiger partial charge in [-0.25, -0.2) is 0 Å². The molecule has 0 amide bonds. The van der Waals surface area contributed by atoms with Crippen LogP contribution < -0.4 is 0 Å². The molecule has 0 heterocycles. The second kappa shape index (κ2) is 6.58. The van der Waals surface area contributed by atoms with Crippen LogP contribution in [0.2, 0.25) is 0 Å². The molecular weight excluding hydrogens is 172 g/mol. The quantitative estimate of drug-likeness (QED) is 0.535. The lowest BCUT2D eigenvalue weighted by molar-refractivity contribution is -0.122. The van der Waals surface area contributed by atoms with Gasteiger partial charge in [0.15, 0.2) is 0 Å². The Morgan fingerprint density at radius 2 is 1.57 bits per heavy atom. The summed E-state index contributed by atoms with van der Waals surface area (Å²) in [5.74, 6) is 0.663. The van der Waals surface area contributed by atoms with Gasteiger partial charge in [0.2, 0.25) is 0 Å². The van der Waals surface area contributed by atoms with Crippen LogP contribution in [0.1, 0.15) is 45.4 Å². The van der Waals surface area contributed by atoms with Crippen molar-refractivity contribution in [2.45, 2.75) is 45.4 Å². The Hall–Kier alpha value is -0.850. The number of hydrogen-bond donors (Lipinski definition) is 0. The van der Waals surface area contributed by atoms with E-state index in [2.05, 4.69) is 24.3 Å². The molecule has 0 saturated carbocycles. The third kappa shape index (κ3) is 4.40. The standard InChI is InChI=1S/C13H20O/c1-12-10-8-6-4-2-3-5-7-9-11-13(12)14/h4-7,12H,2-3,8-11H2,1H3/b6-4+,7-5-. The van der Waals surface area contributed by atoms with E-state index in [0.29, 0.717) is 5.78 Å². The highest BCUT2D eigenvalue weighted by molar-refractivity contribution is 5.80. The molecule has 14 heavy (non-hydrogen) atoms. The lowest BCUT2D eigenvalue weighted by Gasteiger charge is -2.08. The van der Waals surface area contributed by atoms with Gasteiger partial charge in [-0.2, -0.15) is 0 Å². The lowest BCUT2D eigenvalue weighted by atomic mass is 9.96. The summed E-state index contributed by atoms with van der Waals surface area (Å²) in [7, 11) is 0. The third-order valence-electron chi connectivity index (χ3n) is 2.71. The van der Waals surface area contributed by atoms with E-state index < -0.39 is 0 Å². The minimum absolute atomic E-state index is 0.243. The normalized spacial score (nSPS) is 30.1. The molecule has 1 aliphatic rings. The Morgan fingerprint density at radius 3 is 2.29 bits per heavy atom. The SMILES string of the molecule is CC1CC/C=C/CC/C=C\CCC1=O. The molecule has 1 aliphatic carbocycles. The van der Waals surface area contributed by atoms with Crippen molar-refractivity contribution >= 4 is 5.78 Å². The molecule has 1 atom stereocenters. The second-order valence-electron chi connectivity index (χ2n) is 4.00. The summed E-state index contributed by atoms with van der Waals surface area (Å²) in [4.78, 5) is 11.6. The molecule has 0 aromatic heterocycles. The largest absolute Gasteiger partial charge is 0.299 e. The number of hydrogen-bond acceptors (Lipinski definition) is 1. The highest BCUT2D eigenvalue weighted by Gasteiger charge is 2.10. The van der Waals surface area contributed by atoms with E-state index in [1.807, 2.05) is 6.92 Å². The fourth-order valence-corrected chi connectivity index (χ4v) is 1.64. The maximum atomic E-state index is 11.6. The summed E-state index contributed by atoms with van der Waals surface area (Å²) in [6.45, 7) is 2.05. The molecule has 1 nitrogen and oxygen atoms in total. The van der Waals surface area contributed by atoms with Gasteiger partial charge >= 0.3 is 0 Å². The summed E-state index contributed by atoms with van der Waals surface area (Å²) in [5.41, 5.74) is 0. The molecule has 0 N–H and O–H groups in total. The van der Waals surface area contributed by atoms with Gasteiger partial charge in [0.05, 0.1) is 0 Å². The van der Waals surface area contributed by atoms with Crippen LogP contribution in [0.4, 0.5) is 0 Å². The summed E-state index contributed by atoms with van der Waals surface area (Å²) < 4.78 is 0. The van der Waals surface area contributed by atoms with Gasteiger partial charge < -0.3 is 0 Å². The summed E-state index contributed by atoms with van der Waals surface area (Å²) in [5, 5.41) is 0. The van der Waals surface area contributed by atoms with Crippen LogP contribution in [0.15, 0.2) is 24.3 Å². The maximum absolute atomic E-state index is 11.6. The maximum Gasteiger partial charge on any atom is 0.136 e. The molecule has 0 aliphatic heterocycles. The molecule has 0 saturated heterocycles. The minimum atomic E-state index is 0.243. The average Bonchev–Trinajstić information content (AvgIpc) is 2.18. The van der Waals surface area contributed by atoms with Crippen LogP contribution in [-0.4, -0.2) is 5.78 Å². The van der Waals surface area contributed by atoms with Crippen LogP contribution >= 0.6 is 0 Å². The van der Waals surface area contributed by atoms with E-state index in [4.69, 9.17) is 0 Å². The highest BCUT2D eigenvalue weighted by atomic mass is 16.1. The highest BCUT2D eigenvalue weighted by Crippen LogP contribution is 2.12. The second-order valence-corrected chi connectivity index (χ2v) is 4.00. The van der Waals surface area contributed by atoms with E-state index in [9.17, 15) is 4.79 Å². The lowest BCUT2D eigenvalue weighted by Crippen LogP contribution is -2.09. The molecule has 78 valence electrons. The molecule has 0 aromatic rings. The number of Topliss-reactive ketones (excluding diaryl/α,β-unsaturated/α-hetero) is 1. The number of carbonyl (C=O) groups excluding carboxylic acids is 1.